The van der Waals surface area contributed by atoms with Crippen LogP contribution in [0.15, 0.2) is 16.7 Å². The van der Waals surface area contributed by atoms with Crippen LogP contribution < -0.4 is 5.32 Å². The van der Waals surface area contributed by atoms with E-state index in [4.69, 9.17) is 0 Å². The van der Waals surface area contributed by atoms with Crippen molar-refractivity contribution in [1.82, 2.24) is 4.98 Å². The highest BCUT2D eigenvalue weighted by atomic mass is 79.9. The third-order valence-corrected chi connectivity index (χ3v) is 5.39. The molecular formula is C13H19BrN2. The normalized spacial score (nSPS) is 21.9. The maximum Gasteiger partial charge on any atom is 0.140 e. The third kappa shape index (κ3) is 1.56. The standard InChI is InChI=1S/C13H19BrN2/c1-8-6-7-15-10(9(8)14)16-11-12(2,3)13(11,4)5/h6-7,11H,1-5H3,(H,15,16). The molecule has 0 saturated heterocycles. The lowest BCUT2D eigenvalue weighted by Gasteiger charge is -2.10. The molecule has 0 atom stereocenters. The van der Waals surface area contributed by atoms with E-state index < -0.39 is 0 Å². The van der Waals surface area contributed by atoms with Gasteiger partial charge < -0.3 is 5.32 Å². The lowest BCUT2D eigenvalue weighted by molar-refractivity contribution is 0.457. The summed E-state index contributed by atoms with van der Waals surface area (Å²) in [6.07, 6.45) is 1.85. The summed E-state index contributed by atoms with van der Waals surface area (Å²) in [6.45, 7) is 11.3. The summed E-state index contributed by atoms with van der Waals surface area (Å²) in [5.74, 6) is 0.962. The molecule has 88 valence electrons. The van der Waals surface area contributed by atoms with Gasteiger partial charge in [0.1, 0.15) is 5.82 Å². The predicted molar refractivity (Wildman–Crippen MR) is 71.6 cm³/mol. The first-order chi connectivity index (χ1) is 7.28. The fraction of sp³-hybridized carbons (Fsp3) is 0.615. The van der Waals surface area contributed by atoms with Crippen molar-refractivity contribution < 1.29 is 0 Å². The Kier molecular flexibility index (Phi) is 2.57. The van der Waals surface area contributed by atoms with Crippen LogP contribution in [0.5, 0.6) is 0 Å². The topological polar surface area (TPSA) is 24.9 Å². The van der Waals surface area contributed by atoms with E-state index in [1.165, 1.54) is 5.56 Å². The van der Waals surface area contributed by atoms with E-state index in [0.29, 0.717) is 16.9 Å². The minimum absolute atomic E-state index is 0.331. The van der Waals surface area contributed by atoms with Gasteiger partial charge in [0.2, 0.25) is 0 Å². The minimum atomic E-state index is 0.331. The van der Waals surface area contributed by atoms with Crippen molar-refractivity contribution in [3.8, 4) is 0 Å². The SMILES string of the molecule is Cc1ccnc(NC2C(C)(C)C2(C)C)c1Br. The van der Waals surface area contributed by atoms with Crippen LogP contribution in [-0.4, -0.2) is 11.0 Å². The number of aromatic nitrogens is 1. The van der Waals surface area contributed by atoms with Crippen LogP contribution >= 0.6 is 15.9 Å². The molecule has 1 heterocycles. The number of nitrogens with zero attached hydrogens (tertiary/aromatic N) is 1. The Labute approximate surface area is 106 Å². The van der Waals surface area contributed by atoms with E-state index in [1.54, 1.807) is 0 Å². The molecule has 0 unspecified atom stereocenters. The van der Waals surface area contributed by atoms with Gasteiger partial charge in [-0.15, -0.1) is 0 Å². The van der Waals surface area contributed by atoms with Crippen LogP contribution in [0.25, 0.3) is 0 Å². The van der Waals surface area contributed by atoms with Crippen LogP contribution in [0.2, 0.25) is 0 Å². The van der Waals surface area contributed by atoms with E-state index >= 15 is 0 Å². The van der Waals surface area contributed by atoms with Gasteiger partial charge in [-0.3, -0.25) is 0 Å². The maximum absolute atomic E-state index is 4.39. The van der Waals surface area contributed by atoms with Crippen molar-refractivity contribution in [1.29, 1.82) is 0 Å². The number of halogens is 1. The second-order valence-electron chi connectivity index (χ2n) is 5.81. The summed E-state index contributed by atoms with van der Waals surface area (Å²) >= 11 is 3.59. The van der Waals surface area contributed by atoms with Gasteiger partial charge in [0.25, 0.3) is 0 Å². The number of nitrogens with one attached hydrogen (secondary N) is 1. The lowest BCUT2D eigenvalue weighted by Crippen LogP contribution is -2.11. The maximum atomic E-state index is 4.39. The zero-order chi connectivity index (χ0) is 12.1. The monoisotopic (exact) mass is 282 g/mol. The van der Waals surface area contributed by atoms with Crippen molar-refractivity contribution in [2.75, 3.05) is 5.32 Å². The first kappa shape index (κ1) is 11.9. The molecule has 1 aromatic heterocycles. The summed E-state index contributed by atoms with van der Waals surface area (Å²) in [5, 5.41) is 3.55. The number of anilines is 1. The van der Waals surface area contributed by atoms with Gasteiger partial charge in [0, 0.05) is 12.2 Å². The Bertz CT molecular complexity index is 410. The third-order valence-electron chi connectivity index (χ3n) is 4.38. The number of pyridine rings is 1. The molecule has 0 radical (unpaired) electrons. The molecule has 1 aromatic rings. The summed E-state index contributed by atoms with van der Waals surface area (Å²) < 4.78 is 1.08. The predicted octanol–water partition coefficient (Wildman–Crippen LogP) is 4.00. The van der Waals surface area contributed by atoms with Crippen molar-refractivity contribution in [3.05, 3.63) is 22.3 Å². The lowest BCUT2D eigenvalue weighted by atomic mass is 10.0. The fourth-order valence-electron chi connectivity index (χ4n) is 2.33. The summed E-state index contributed by atoms with van der Waals surface area (Å²) in [5.41, 5.74) is 1.88. The molecule has 0 aromatic carbocycles. The average molecular weight is 283 g/mol. The number of hydrogen-bond donors (Lipinski definition) is 1. The number of aryl methyl sites for hydroxylation is 1. The first-order valence-corrected chi connectivity index (χ1v) is 6.45. The van der Waals surface area contributed by atoms with Crippen molar-refractivity contribution in [2.24, 2.45) is 10.8 Å². The van der Waals surface area contributed by atoms with Crippen LogP contribution in [0.4, 0.5) is 5.82 Å². The van der Waals surface area contributed by atoms with Crippen LogP contribution in [-0.2, 0) is 0 Å². The van der Waals surface area contributed by atoms with E-state index in [0.717, 1.165) is 10.3 Å². The molecule has 3 heteroatoms. The Hall–Kier alpha value is -0.570. The molecule has 1 fully saturated rings. The quantitative estimate of drug-likeness (QED) is 0.887. The zero-order valence-corrected chi connectivity index (χ0v) is 12.1. The van der Waals surface area contributed by atoms with E-state index in [9.17, 15) is 0 Å². The molecule has 2 rings (SSSR count). The molecule has 1 aliphatic carbocycles. The van der Waals surface area contributed by atoms with E-state index in [-0.39, 0.29) is 0 Å². The van der Waals surface area contributed by atoms with Gasteiger partial charge in [-0.05, 0) is 45.3 Å². The molecule has 2 nitrogen and oxygen atoms in total. The van der Waals surface area contributed by atoms with Crippen LogP contribution in [0, 0.1) is 17.8 Å². The van der Waals surface area contributed by atoms with Gasteiger partial charge in [-0.2, -0.15) is 0 Å². The van der Waals surface area contributed by atoms with Crippen molar-refractivity contribution in [3.63, 3.8) is 0 Å². The van der Waals surface area contributed by atoms with Crippen LogP contribution in [0.3, 0.4) is 0 Å². The zero-order valence-electron chi connectivity index (χ0n) is 10.6. The Morgan fingerprint density at radius 1 is 1.25 bits per heavy atom. The van der Waals surface area contributed by atoms with Crippen LogP contribution in [0.1, 0.15) is 33.3 Å². The largest absolute Gasteiger partial charge is 0.365 e. The minimum Gasteiger partial charge on any atom is -0.365 e. The molecular weight excluding hydrogens is 264 g/mol. The first-order valence-electron chi connectivity index (χ1n) is 5.66. The molecule has 1 aliphatic rings. The highest BCUT2D eigenvalue weighted by molar-refractivity contribution is 9.10. The number of hydrogen-bond acceptors (Lipinski definition) is 2. The smallest absolute Gasteiger partial charge is 0.140 e. The van der Waals surface area contributed by atoms with Gasteiger partial charge in [-0.25, -0.2) is 4.98 Å². The van der Waals surface area contributed by atoms with E-state index in [1.807, 2.05) is 12.3 Å². The van der Waals surface area contributed by atoms with Crippen molar-refractivity contribution >= 4 is 21.7 Å². The van der Waals surface area contributed by atoms with E-state index in [2.05, 4.69) is 60.8 Å². The fourth-order valence-corrected chi connectivity index (χ4v) is 2.68. The van der Waals surface area contributed by atoms with Gasteiger partial charge >= 0.3 is 0 Å². The average Bonchev–Trinajstić information content (AvgIpc) is 2.55. The summed E-state index contributed by atoms with van der Waals surface area (Å²) in [7, 11) is 0. The molecule has 1 N–H and O–H groups in total. The van der Waals surface area contributed by atoms with Gasteiger partial charge in [0.05, 0.1) is 4.47 Å². The second-order valence-corrected chi connectivity index (χ2v) is 6.60. The molecule has 0 aliphatic heterocycles. The highest BCUT2D eigenvalue weighted by Crippen LogP contribution is 2.63. The molecule has 1 saturated carbocycles. The van der Waals surface area contributed by atoms with Crippen molar-refractivity contribution in [2.45, 2.75) is 40.7 Å². The highest BCUT2D eigenvalue weighted by Gasteiger charge is 2.65. The molecule has 0 amide bonds. The van der Waals surface area contributed by atoms with Gasteiger partial charge in [-0.1, -0.05) is 27.7 Å². The Balaban J connectivity index is 2.21. The summed E-state index contributed by atoms with van der Waals surface area (Å²) in [6, 6.07) is 2.50. The second kappa shape index (κ2) is 3.46. The summed E-state index contributed by atoms with van der Waals surface area (Å²) in [4.78, 5) is 4.39. The molecule has 0 spiro atoms. The number of rotatable bonds is 2. The molecule has 16 heavy (non-hydrogen) atoms. The molecule has 0 bridgehead atoms. The Morgan fingerprint density at radius 2 is 1.81 bits per heavy atom. The Morgan fingerprint density at radius 3 is 2.31 bits per heavy atom. The van der Waals surface area contributed by atoms with Gasteiger partial charge in [0.15, 0.2) is 0 Å².